The van der Waals surface area contributed by atoms with E-state index in [1.807, 2.05) is 25.1 Å². The molecule has 2 rings (SSSR count). The van der Waals surface area contributed by atoms with Gasteiger partial charge in [-0.25, -0.2) is 9.97 Å². The van der Waals surface area contributed by atoms with Gasteiger partial charge in [0.15, 0.2) is 0 Å². The third kappa shape index (κ3) is 3.42. The second kappa shape index (κ2) is 5.14. The molecule has 0 spiro atoms. The average Bonchev–Trinajstić information content (AvgIpc) is 2.27. The number of anilines is 1. The van der Waals surface area contributed by atoms with Crippen molar-refractivity contribution < 1.29 is 5.11 Å². The van der Waals surface area contributed by atoms with Gasteiger partial charge in [-0.05, 0) is 40.5 Å². The number of phenolic OH excluding ortho intramolecular Hbond substituents is 1. The number of hydrogen-bond acceptors (Lipinski definition) is 4. The van der Waals surface area contributed by atoms with Crippen LogP contribution in [-0.2, 0) is 6.54 Å². The lowest BCUT2D eigenvalue weighted by molar-refractivity contribution is 0.475. The second-order valence-corrected chi connectivity index (χ2v) is 4.46. The highest BCUT2D eigenvalue weighted by molar-refractivity contribution is 9.10. The first-order valence-corrected chi connectivity index (χ1v) is 5.96. The predicted octanol–water partition coefficient (Wildman–Crippen LogP) is 2.87. The topological polar surface area (TPSA) is 58.0 Å². The number of aryl methyl sites for hydroxylation is 1. The van der Waals surface area contributed by atoms with E-state index in [0.717, 1.165) is 16.0 Å². The van der Waals surface area contributed by atoms with Crippen LogP contribution in [0.3, 0.4) is 0 Å². The molecule has 1 aromatic heterocycles. The molecule has 0 unspecified atom stereocenters. The fraction of sp³-hybridized carbons (Fsp3) is 0.167. The van der Waals surface area contributed by atoms with Crippen molar-refractivity contribution in [1.29, 1.82) is 0 Å². The van der Waals surface area contributed by atoms with E-state index >= 15 is 0 Å². The summed E-state index contributed by atoms with van der Waals surface area (Å²) < 4.78 is 0.762. The van der Waals surface area contributed by atoms with Gasteiger partial charge >= 0.3 is 0 Å². The summed E-state index contributed by atoms with van der Waals surface area (Å²) in [7, 11) is 0. The molecule has 0 fully saturated rings. The van der Waals surface area contributed by atoms with Crippen LogP contribution in [0.5, 0.6) is 5.75 Å². The van der Waals surface area contributed by atoms with Crippen molar-refractivity contribution in [2.45, 2.75) is 13.5 Å². The lowest BCUT2D eigenvalue weighted by Gasteiger charge is -2.06. The molecule has 2 N–H and O–H groups in total. The number of aromatic hydroxyl groups is 1. The summed E-state index contributed by atoms with van der Waals surface area (Å²) in [5.74, 6) is 1.76. The molecule has 0 bridgehead atoms. The van der Waals surface area contributed by atoms with Crippen molar-refractivity contribution >= 4 is 21.7 Å². The molecule has 17 heavy (non-hydrogen) atoms. The Balaban J connectivity index is 2.04. The van der Waals surface area contributed by atoms with E-state index in [1.165, 1.54) is 0 Å². The summed E-state index contributed by atoms with van der Waals surface area (Å²) >= 11 is 3.32. The largest absolute Gasteiger partial charge is 0.508 e. The number of nitrogens with one attached hydrogen (secondary N) is 1. The highest BCUT2D eigenvalue weighted by Gasteiger charge is 1.99. The summed E-state index contributed by atoms with van der Waals surface area (Å²) in [4.78, 5) is 8.40. The highest BCUT2D eigenvalue weighted by Crippen LogP contribution is 2.14. The Labute approximate surface area is 108 Å². The van der Waals surface area contributed by atoms with Crippen LogP contribution >= 0.6 is 15.9 Å². The van der Waals surface area contributed by atoms with Crippen LogP contribution in [-0.4, -0.2) is 15.1 Å². The van der Waals surface area contributed by atoms with Crippen LogP contribution in [0.25, 0.3) is 0 Å². The zero-order valence-corrected chi connectivity index (χ0v) is 10.9. The highest BCUT2D eigenvalue weighted by atomic mass is 79.9. The lowest BCUT2D eigenvalue weighted by atomic mass is 10.2. The summed E-state index contributed by atoms with van der Waals surface area (Å²) in [5, 5.41) is 12.4. The molecule has 0 aliphatic rings. The molecule has 1 heterocycles. The molecule has 4 nitrogen and oxygen atoms in total. The lowest BCUT2D eigenvalue weighted by Crippen LogP contribution is -2.03. The summed E-state index contributed by atoms with van der Waals surface area (Å²) in [6.45, 7) is 2.50. The predicted molar refractivity (Wildman–Crippen MR) is 69.9 cm³/mol. The van der Waals surface area contributed by atoms with Crippen LogP contribution in [0.2, 0.25) is 0 Å². The standard InChI is InChI=1S/C12H12BrN3O/c1-8-15-11(13)6-12(16-8)14-7-9-2-4-10(17)5-3-9/h2-6,17H,7H2,1H3,(H,14,15,16). The number of aromatic nitrogens is 2. The third-order valence-corrected chi connectivity index (χ3v) is 2.62. The Morgan fingerprint density at radius 1 is 1.24 bits per heavy atom. The third-order valence-electron chi connectivity index (χ3n) is 2.22. The molecule has 0 atom stereocenters. The fourth-order valence-corrected chi connectivity index (χ4v) is 1.90. The zero-order chi connectivity index (χ0) is 12.3. The van der Waals surface area contributed by atoms with E-state index in [9.17, 15) is 0 Å². The molecule has 88 valence electrons. The van der Waals surface area contributed by atoms with Gasteiger partial charge in [0.25, 0.3) is 0 Å². The normalized spacial score (nSPS) is 10.2. The number of halogens is 1. The summed E-state index contributed by atoms with van der Waals surface area (Å²) in [5.41, 5.74) is 1.08. The summed E-state index contributed by atoms with van der Waals surface area (Å²) in [6, 6.07) is 8.89. The molecule has 0 radical (unpaired) electrons. The smallest absolute Gasteiger partial charge is 0.131 e. The zero-order valence-electron chi connectivity index (χ0n) is 9.31. The van der Waals surface area contributed by atoms with Gasteiger partial charge in [0.1, 0.15) is 22.0 Å². The number of phenols is 1. The molecule has 1 aromatic carbocycles. The van der Waals surface area contributed by atoms with E-state index in [4.69, 9.17) is 5.11 Å². The first-order chi connectivity index (χ1) is 8.13. The van der Waals surface area contributed by atoms with Gasteiger partial charge in [-0.3, -0.25) is 0 Å². The van der Waals surface area contributed by atoms with Crippen molar-refractivity contribution in [3.63, 3.8) is 0 Å². The van der Waals surface area contributed by atoms with Crippen LogP contribution in [0.1, 0.15) is 11.4 Å². The van der Waals surface area contributed by atoms with E-state index in [0.29, 0.717) is 12.4 Å². The van der Waals surface area contributed by atoms with E-state index < -0.39 is 0 Å². The van der Waals surface area contributed by atoms with Crippen molar-refractivity contribution in [1.82, 2.24) is 9.97 Å². The van der Waals surface area contributed by atoms with Crippen molar-refractivity contribution in [2.75, 3.05) is 5.32 Å². The first kappa shape index (κ1) is 11.9. The Hall–Kier alpha value is -1.62. The summed E-state index contributed by atoms with van der Waals surface area (Å²) in [6.07, 6.45) is 0. The van der Waals surface area contributed by atoms with Crippen molar-refractivity contribution in [3.05, 3.63) is 46.3 Å². The number of benzene rings is 1. The molecule has 0 aliphatic heterocycles. The maximum atomic E-state index is 9.17. The van der Waals surface area contributed by atoms with Crippen LogP contribution in [0, 0.1) is 6.92 Å². The molecule has 5 heteroatoms. The molecule has 0 aliphatic carbocycles. The van der Waals surface area contributed by atoms with Gasteiger partial charge in [-0.2, -0.15) is 0 Å². The Bertz CT molecular complexity index is 493. The number of hydrogen-bond donors (Lipinski definition) is 2. The maximum Gasteiger partial charge on any atom is 0.131 e. The Morgan fingerprint density at radius 2 is 1.94 bits per heavy atom. The monoisotopic (exact) mass is 293 g/mol. The number of nitrogens with zero attached hydrogens (tertiary/aromatic N) is 2. The minimum atomic E-state index is 0.273. The molecular weight excluding hydrogens is 282 g/mol. The SMILES string of the molecule is Cc1nc(Br)cc(NCc2ccc(O)cc2)n1. The van der Waals surface area contributed by atoms with Gasteiger partial charge in [0.05, 0.1) is 0 Å². The molecular formula is C12H12BrN3O. The molecule has 2 aromatic rings. The minimum Gasteiger partial charge on any atom is -0.508 e. The minimum absolute atomic E-state index is 0.273. The molecule has 0 saturated heterocycles. The van der Waals surface area contributed by atoms with Crippen LogP contribution < -0.4 is 5.32 Å². The van der Waals surface area contributed by atoms with Gasteiger partial charge in [0.2, 0.25) is 0 Å². The fourth-order valence-electron chi connectivity index (χ4n) is 1.43. The second-order valence-electron chi connectivity index (χ2n) is 3.64. The maximum absolute atomic E-state index is 9.17. The van der Waals surface area contributed by atoms with Crippen molar-refractivity contribution in [3.8, 4) is 5.75 Å². The van der Waals surface area contributed by atoms with Crippen LogP contribution in [0.15, 0.2) is 34.9 Å². The van der Waals surface area contributed by atoms with Crippen LogP contribution in [0.4, 0.5) is 5.82 Å². The number of rotatable bonds is 3. The Kier molecular flexibility index (Phi) is 3.58. The first-order valence-electron chi connectivity index (χ1n) is 5.16. The van der Waals surface area contributed by atoms with Gasteiger partial charge in [-0.1, -0.05) is 12.1 Å². The van der Waals surface area contributed by atoms with E-state index in [-0.39, 0.29) is 5.75 Å². The van der Waals surface area contributed by atoms with E-state index in [2.05, 4.69) is 31.2 Å². The van der Waals surface area contributed by atoms with E-state index in [1.54, 1.807) is 12.1 Å². The van der Waals surface area contributed by atoms with Gasteiger partial charge in [-0.15, -0.1) is 0 Å². The van der Waals surface area contributed by atoms with Crippen molar-refractivity contribution in [2.24, 2.45) is 0 Å². The quantitative estimate of drug-likeness (QED) is 0.855. The molecule has 0 saturated carbocycles. The average molecular weight is 294 g/mol. The van der Waals surface area contributed by atoms with Gasteiger partial charge in [0, 0.05) is 12.6 Å². The molecule has 0 amide bonds. The van der Waals surface area contributed by atoms with Gasteiger partial charge < -0.3 is 10.4 Å². The Morgan fingerprint density at radius 3 is 2.59 bits per heavy atom.